The molecule has 0 aromatic rings. The van der Waals surface area contributed by atoms with Crippen LogP contribution >= 0.6 is 7.82 Å². The number of amides is 1. The third-order valence-corrected chi connectivity index (χ3v) is 13.3. The molecule has 0 radical (unpaired) electrons. The molecule has 0 heterocycles. The molecule has 378 valence electrons. The molecule has 0 rings (SSSR count). The van der Waals surface area contributed by atoms with Gasteiger partial charge in [0.05, 0.1) is 39.9 Å². The van der Waals surface area contributed by atoms with Crippen molar-refractivity contribution >= 4 is 13.7 Å². The van der Waals surface area contributed by atoms with Crippen LogP contribution in [0.4, 0.5) is 0 Å². The number of carbonyl (C=O) groups excluding carboxylic acids is 1. The number of phosphoric ester groups is 1. The van der Waals surface area contributed by atoms with Gasteiger partial charge in [-0.2, -0.15) is 0 Å². The summed E-state index contributed by atoms with van der Waals surface area (Å²) < 4.78 is 23.7. The fourth-order valence-electron chi connectivity index (χ4n) is 8.01. The van der Waals surface area contributed by atoms with E-state index in [0.717, 1.165) is 51.4 Å². The molecule has 0 saturated heterocycles. The third-order valence-electron chi connectivity index (χ3n) is 12.4. The molecule has 3 unspecified atom stereocenters. The van der Waals surface area contributed by atoms with E-state index in [2.05, 4.69) is 43.5 Å². The summed E-state index contributed by atoms with van der Waals surface area (Å²) in [6, 6.07) is -0.851. The minimum atomic E-state index is -4.35. The standard InChI is InChI=1S/C55H107N2O6P/c1-6-8-10-12-14-16-18-20-22-24-26-27-28-29-31-33-35-37-39-41-43-45-47-49-55(59)56-53(52-63-64(60,61)62-51-50-57(3,4)5)54(58)48-46-44-42-40-38-36-34-32-30-25-23-21-19-17-15-13-11-9-7-2/h26-27,29,31,46,48,53-54,58H,6-25,28,30,32-45,47,49-52H2,1-5H3,(H-,56,59,60,61)/p+1/b27-26-,31-29-,48-46+. The third kappa shape index (κ3) is 48.6. The van der Waals surface area contributed by atoms with Gasteiger partial charge >= 0.3 is 7.82 Å². The summed E-state index contributed by atoms with van der Waals surface area (Å²) in [6.45, 7) is 4.84. The molecule has 0 bridgehead atoms. The molecular weight excluding hydrogens is 816 g/mol. The van der Waals surface area contributed by atoms with Crippen LogP contribution in [-0.4, -0.2) is 73.4 Å². The number of hydrogen-bond donors (Lipinski definition) is 3. The summed E-state index contributed by atoms with van der Waals surface area (Å²) in [5.41, 5.74) is 0. The van der Waals surface area contributed by atoms with Gasteiger partial charge in [0.25, 0.3) is 0 Å². The second kappa shape index (κ2) is 46.8. The quantitative estimate of drug-likeness (QED) is 0.0243. The fraction of sp³-hybridized carbons (Fsp3) is 0.873. The number of rotatable bonds is 50. The normalized spacial score (nSPS) is 14.3. The smallest absolute Gasteiger partial charge is 0.387 e. The first-order valence-electron chi connectivity index (χ1n) is 27.4. The Morgan fingerprint density at radius 3 is 1.28 bits per heavy atom. The molecule has 0 aliphatic rings. The van der Waals surface area contributed by atoms with Gasteiger partial charge in [0.2, 0.25) is 5.91 Å². The summed E-state index contributed by atoms with van der Waals surface area (Å²) in [5, 5.41) is 13.9. The van der Waals surface area contributed by atoms with E-state index < -0.39 is 20.0 Å². The maximum Gasteiger partial charge on any atom is 0.472 e. The monoisotopic (exact) mass is 924 g/mol. The Bertz CT molecular complexity index is 1140. The molecule has 64 heavy (non-hydrogen) atoms. The minimum Gasteiger partial charge on any atom is -0.387 e. The SMILES string of the molecule is CCCCCCCCCCC/C=C\C/C=C\CCCCCCCCCC(=O)NC(COP(=O)(O)OCC[N+](C)(C)C)C(O)/C=C/CCCCCCCCCCCCCCCCCCC. The number of aliphatic hydroxyl groups excluding tert-OH is 1. The number of hydrogen-bond acceptors (Lipinski definition) is 5. The van der Waals surface area contributed by atoms with E-state index in [0.29, 0.717) is 17.4 Å². The van der Waals surface area contributed by atoms with E-state index in [4.69, 9.17) is 9.05 Å². The maximum absolute atomic E-state index is 13.0. The number of unbranched alkanes of at least 4 members (excludes halogenated alkanes) is 33. The molecule has 0 aromatic heterocycles. The first kappa shape index (κ1) is 62.7. The number of phosphoric acid groups is 1. The van der Waals surface area contributed by atoms with Crippen molar-refractivity contribution in [3.63, 3.8) is 0 Å². The molecule has 0 aromatic carbocycles. The highest BCUT2D eigenvalue weighted by molar-refractivity contribution is 7.47. The van der Waals surface area contributed by atoms with Gasteiger partial charge in [-0.3, -0.25) is 13.8 Å². The van der Waals surface area contributed by atoms with Crippen molar-refractivity contribution in [2.75, 3.05) is 40.9 Å². The van der Waals surface area contributed by atoms with Crippen molar-refractivity contribution in [3.8, 4) is 0 Å². The summed E-state index contributed by atoms with van der Waals surface area (Å²) in [5.74, 6) is -0.182. The summed E-state index contributed by atoms with van der Waals surface area (Å²) in [6.07, 6.45) is 59.4. The summed E-state index contributed by atoms with van der Waals surface area (Å²) in [4.78, 5) is 23.3. The second-order valence-electron chi connectivity index (χ2n) is 20.0. The fourth-order valence-corrected chi connectivity index (χ4v) is 8.75. The average molecular weight is 924 g/mol. The van der Waals surface area contributed by atoms with Crippen molar-refractivity contribution < 1.29 is 32.9 Å². The van der Waals surface area contributed by atoms with Gasteiger partial charge in [-0.1, -0.05) is 237 Å². The highest BCUT2D eigenvalue weighted by Crippen LogP contribution is 2.43. The molecule has 0 aliphatic carbocycles. The lowest BCUT2D eigenvalue weighted by Crippen LogP contribution is -2.45. The first-order valence-corrected chi connectivity index (χ1v) is 28.9. The predicted octanol–water partition coefficient (Wildman–Crippen LogP) is 16.2. The maximum atomic E-state index is 13.0. The van der Waals surface area contributed by atoms with E-state index >= 15 is 0 Å². The molecule has 0 spiro atoms. The number of nitrogens with one attached hydrogen (secondary N) is 1. The van der Waals surface area contributed by atoms with Crippen molar-refractivity contribution in [3.05, 3.63) is 36.5 Å². The van der Waals surface area contributed by atoms with Crippen LogP contribution in [0.25, 0.3) is 0 Å². The lowest BCUT2D eigenvalue weighted by molar-refractivity contribution is -0.870. The van der Waals surface area contributed by atoms with Gasteiger partial charge in [-0.15, -0.1) is 0 Å². The van der Waals surface area contributed by atoms with E-state index in [1.807, 2.05) is 27.2 Å². The lowest BCUT2D eigenvalue weighted by Gasteiger charge is -2.25. The number of nitrogens with zero attached hydrogens (tertiary/aromatic N) is 1. The van der Waals surface area contributed by atoms with Gasteiger partial charge in [0.1, 0.15) is 13.2 Å². The molecule has 3 N–H and O–H groups in total. The van der Waals surface area contributed by atoms with Gasteiger partial charge in [-0.25, -0.2) is 4.57 Å². The molecule has 0 fully saturated rings. The van der Waals surface area contributed by atoms with E-state index in [1.54, 1.807) is 6.08 Å². The van der Waals surface area contributed by atoms with E-state index in [9.17, 15) is 19.4 Å². The molecule has 3 atom stereocenters. The zero-order chi connectivity index (χ0) is 47.1. The number of allylic oxidation sites excluding steroid dienone is 5. The predicted molar refractivity (Wildman–Crippen MR) is 277 cm³/mol. The van der Waals surface area contributed by atoms with Crippen molar-refractivity contribution in [1.29, 1.82) is 0 Å². The molecule has 0 aliphatic heterocycles. The van der Waals surface area contributed by atoms with E-state index in [1.165, 1.54) is 186 Å². The van der Waals surface area contributed by atoms with Crippen LogP contribution in [0, 0.1) is 0 Å². The van der Waals surface area contributed by atoms with Crippen LogP contribution in [0.2, 0.25) is 0 Å². The zero-order valence-corrected chi connectivity index (χ0v) is 43.9. The molecule has 8 nitrogen and oxygen atoms in total. The van der Waals surface area contributed by atoms with Crippen LogP contribution in [0.15, 0.2) is 36.5 Å². The topological polar surface area (TPSA) is 105 Å². The molecular formula is C55H108N2O6P+. The number of aliphatic hydroxyl groups is 1. The van der Waals surface area contributed by atoms with Gasteiger partial charge in [0, 0.05) is 6.42 Å². The van der Waals surface area contributed by atoms with Crippen LogP contribution in [-0.2, 0) is 18.4 Å². The Hall–Kier alpha value is -1.28. The number of quaternary nitrogens is 1. The molecule has 0 saturated carbocycles. The Balaban J connectivity index is 4.28. The average Bonchev–Trinajstić information content (AvgIpc) is 3.25. The van der Waals surface area contributed by atoms with Crippen LogP contribution < -0.4 is 5.32 Å². The van der Waals surface area contributed by atoms with Gasteiger partial charge in [-0.05, 0) is 51.4 Å². The minimum absolute atomic E-state index is 0.0600. The van der Waals surface area contributed by atoms with Crippen LogP contribution in [0.1, 0.15) is 258 Å². The molecule has 1 amide bonds. The Morgan fingerprint density at radius 2 is 0.891 bits per heavy atom. The Kier molecular flexibility index (Phi) is 45.9. The highest BCUT2D eigenvalue weighted by Gasteiger charge is 2.27. The second-order valence-corrected chi connectivity index (χ2v) is 21.4. The molecule has 9 heteroatoms. The van der Waals surface area contributed by atoms with Crippen molar-refractivity contribution in [2.24, 2.45) is 0 Å². The van der Waals surface area contributed by atoms with Gasteiger partial charge in [0.15, 0.2) is 0 Å². The highest BCUT2D eigenvalue weighted by atomic mass is 31.2. The van der Waals surface area contributed by atoms with Crippen LogP contribution in [0.5, 0.6) is 0 Å². The summed E-state index contributed by atoms with van der Waals surface area (Å²) in [7, 11) is 1.57. The van der Waals surface area contributed by atoms with Crippen molar-refractivity contribution in [1.82, 2.24) is 5.32 Å². The first-order chi connectivity index (χ1) is 31.0. The number of carbonyl (C=O) groups is 1. The van der Waals surface area contributed by atoms with Gasteiger partial charge < -0.3 is 19.8 Å². The van der Waals surface area contributed by atoms with Crippen molar-refractivity contribution in [2.45, 2.75) is 270 Å². The van der Waals surface area contributed by atoms with Crippen LogP contribution in [0.3, 0.4) is 0 Å². The summed E-state index contributed by atoms with van der Waals surface area (Å²) >= 11 is 0. The largest absolute Gasteiger partial charge is 0.472 e. The lowest BCUT2D eigenvalue weighted by atomic mass is 10.0. The Labute approximate surface area is 397 Å². The zero-order valence-electron chi connectivity index (χ0n) is 43.0. The number of likely N-dealkylation sites (N-methyl/N-ethyl adjacent to an activating group) is 1. The van der Waals surface area contributed by atoms with E-state index in [-0.39, 0.29) is 19.1 Å². The Morgan fingerprint density at radius 1 is 0.531 bits per heavy atom.